The van der Waals surface area contributed by atoms with Gasteiger partial charge in [-0.15, -0.1) is 0 Å². The third-order valence-corrected chi connectivity index (χ3v) is 5.53. The molecule has 2 aromatic carbocycles. The van der Waals surface area contributed by atoms with E-state index in [2.05, 4.69) is 22.0 Å². The minimum atomic E-state index is -0.700. The number of aliphatic carboxylic acids is 1. The number of rotatable bonds is 3. The monoisotopic (exact) mass is 417 g/mol. The number of aryl methyl sites for hydroxylation is 1. The zero-order valence-electron chi connectivity index (χ0n) is 14.9. The molecule has 0 saturated carbocycles. The third-order valence-electron chi connectivity index (χ3n) is 5.00. The Bertz CT molecular complexity index is 787. The summed E-state index contributed by atoms with van der Waals surface area (Å²) < 4.78 is 6.62. The molecule has 0 saturated heterocycles. The summed E-state index contributed by atoms with van der Waals surface area (Å²) in [5, 5.41) is 8.92. The predicted octanol–water partition coefficient (Wildman–Crippen LogP) is 4.59. The van der Waals surface area contributed by atoms with Crippen LogP contribution in [0.3, 0.4) is 0 Å². The number of carboxylic acids is 1. The minimum Gasteiger partial charge on any atom is -0.493 e. The highest BCUT2D eigenvalue weighted by atomic mass is 79.9. The molecule has 5 heteroatoms. The minimum absolute atomic E-state index is 0.132. The Labute approximate surface area is 162 Å². The quantitative estimate of drug-likeness (QED) is 0.765. The van der Waals surface area contributed by atoms with Gasteiger partial charge >= 0.3 is 5.97 Å². The van der Waals surface area contributed by atoms with Crippen molar-refractivity contribution in [1.29, 1.82) is 0 Å². The standard InChI is InChI=1S/C13H14O3.C8H10BrN/c14-12(15)7-9-2-1-8-3-4-11-10(13(8)9)5-6-16-11;1-6(10)7-2-4-8(9)5-3-7/h3-4,9H,1-2,5-7H2,(H,14,15);2-6H,10H2,1H3/t9-;6-/m11/s1. The van der Waals surface area contributed by atoms with E-state index in [0.717, 1.165) is 36.1 Å². The highest BCUT2D eigenvalue weighted by Crippen LogP contribution is 2.43. The summed E-state index contributed by atoms with van der Waals surface area (Å²) in [5.41, 5.74) is 10.7. The fourth-order valence-corrected chi connectivity index (χ4v) is 4.00. The van der Waals surface area contributed by atoms with Gasteiger partial charge in [-0.25, -0.2) is 0 Å². The zero-order chi connectivity index (χ0) is 18.7. The van der Waals surface area contributed by atoms with E-state index in [4.69, 9.17) is 15.6 Å². The Morgan fingerprint density at radius 3 is 2.65 bits per heavy atom. The van der Waals surface area contributed by atoms with Crippen molar-refractivity contribution in [3.8, 4) is 5.75 Å². The van der Waals surface area contributed by atoms with Gasteiger partial charge in [-0.2, -0.15) is 0 Å². The number of hydrogen-bond acceptors (Lipinski definition) is 3. The molecular weight excluding hydrogens is 394 g/mol. The summed E-state index contributed by atoms with van der Waals surface area (Å²) in [7, 11) is 0. The van der Waals surface area contributed by atoms with Crippen molar-refractivity contribution in [3.05, 3.63) is 63.1 Å². The van der Waals surface area contributed by atoms with Crippen molar-refractivity contribution in [2.24, 2.45) is 5.73 Å². The van der Waals surface area contributed by atoms with Crippen molar-refractivity contribution in [1.82, 2.24) is 0 Å². The summed E-state index contributed by atoms with van der Waals surface area (Å²) in [4.78, 5) is 10.8. The average molecular weight is 418 g/mol. The number of halogens is 1. The number of ether oxygens (including phenoxy) is 1. The molecule has 0 fully saturated rings. The molecular formula is C21H24BrNO3. The van der Waals surface area contributed by atoms with E-state index in [1.807, 2.05) is 37.3 Å². The molecule has 1 heterocycles. The predicted molar refractivity (Wildman–Crippen MR) is 106 cm³/mol. The fraction of sp³-hybridized carbons (Fsp3) is 0.381. The first-order valence-corrected chi connectivity index (χ1v) is 9.75. The van der Waals surface area contributed by atoms with E-state index in [-0.39, 0.29) is 18.4 Å². The van der Waals surface area contributed by atoms with E-state index in [9.17, 15) is 4.79 Å². The van der Waals surface area contributed by atoms with Crippen molar-refractivity contribution in [2.45, 2.75) is 44.6 Å². The number of fused-ring (bicyclic) bond motifs is 3. The fourth-order valence-electron chi connectivity index (χ4n) is 3.73. The van der Waals surface area contributed by atoms with Crippen molar-refractivity contribution in [3.63, 3.8) is 0 Å². The third kappa shape index (κ3) is 4.27. The van der Waals surface area contributed by atoms with E-state index in [1.165, 1.54) is 22.3 Å². The smallest absolute Gasteiger partial charge is 0.303 e. The highest BCUT2D eigenvalue weighted by molar-refractivity contribution is 9.10. The van der Waals surface area contributed by atoms with Gasteiger partial charge in [-0.3, -0.25) is 4.79 Å². The van der Waals surface area contributed by atoms with Crippen molar-refractivity contribution in [2.75, 3.05) is 6.61 Å². The molecule has 1 aliphatic carbocycles. The van der Waals surface area contributed by atoms with Crippen LogP contribution in [-0.4, -0.2) is 17.7 Å². The summed E-state index contributed by atoms with van der Waals surface area (Å²) in [6.45, 7) is 2.72. The lowest BCUT2D eigenvalue weighted by Gasteiger charge is -2.12. The summed E-state index contributed by atoms with van der Waals surface area (Å²) >= 11 is 3.35. The van der Waals surface area contributed by atoms with Crippen LogP contribution in [0.25, 0.3) is 0 Å². The largest absolute Gasteiger partial charge is 0.493 e. The summed E-state index contributed by atoms with van der Waals surface area (Å²) in [6, 6.07) is 12.3. The number of carboxylic acid groups (broad SMARTS) is 1. The van der Waals surface area contributed by atoms with Crippen LogP contribution in [0.4, 0.5) is 0 Å². The molecule has 2 aliphatic rings. The lowest BCUT2D eigenvalue weighted by Crippen LogP contribution is -2.05. The van der Waals surface area contributed by atoms with Crippen LogP contribution in [0.15, 0.2) is 40.9 Å². The number of hydrogen-bond donors (Lipinski definition) is 2. The van der Waals surface area contributed by atoms with Crippen molar-refractivity contribution >= 4 is 21.9 Å². The molecule has 0 bridgehead atoms. The van der Waals surface area contributed by atoms with Crippen LogP contribution in [0.2, 0.25) is 0 Å². The van der Waals surface area contributed by atoms with Gasteiger partial charge in [0, 0.05) is 22.5 Å². The van der Waals surface area contributed by atoms with Gasteiger partial charge in [0.25, 0.3) is 0 Å². The molecule has 2 atom stereocenters. The van der Waals surface area contributed by atoms with Gasteiger partial charge in [0.2, 0.25) is 0 Å². The van der Waals surface area contributed by atoms with Crippen LogP contribution >= 0.6 is 15.9 Å². The first-order valence-electron chi connectivity index (χ1n) is 8.96. The Kier molecular flexibility index (Phi) is 5.99. The number of nitrogens with two attached hydrogens (primary N) is 1. The molecule has 0 aromatic heterocycles. The van der Waals surface area contributed by atoms with Gasteiger partial charge in [0.15, 0.2) is 0 Å². The lowest BCUT2D eigenvalue weighted by atomic mass is 9.92. The Morgan fingerprint density at radius 1 is 1.27 bits per heavy atom. The second kappa shape index (κ2) is 8.23. The maximum absolute atomic E-state index is 10.8. The van der Waals surface area contributed by atoms with Crippen LogP contribution in [0.1, 0.15) is 54.0 Å². The topological polar surface area (TPSA) is 72.6 Å². The van der Waals surface area contributed by atoms with Crippen molar-refractivity contribution < 1.29 is 14.6 Å². The molecule has 4 nitrogen and oxygen atoms in total. The van der Waals surface area contributed by atoms with Gasteiger partial charge in [0.1, 0.15) is 5.75 Å². The molecule has 0 unspecified atom stereocenters. The van der Waals surface area contributed by atoms with Gasteiger partial charge < -0.3 is 15.6 Å². The molecule has 26 heavy (non-hydrogen) atoms. The lowest BCUT2D eigenvalue weighted by molar-refractivity contribution is -0.137. The number of carbonyl (C=O) groups is 1. The Balaban J connectivity index is 0.000000170. The molecule has 0 radical (unpaired) electrons. The second-order valence-electron chi connectivity index (χ2n) is 6.89. The number of benzene rings is 2. The van der Waals surface area contributed by atoms with Crippen LogP contribution in [0, 0.1) is 0 Å². The van der Waals surface area contributed by atoms with Crippen LogP contribution in [-0.2, 0) is 17.6 Å². The maximum atomic E-state index is 10.8. The van der Waals surface area contributed by atoms with E-state index < -0.39 is 5.97 Å². The summed E-state index contributed by atoms with van der Waals surface area (Å²) in [6.07, 6.45) is 3.18. The zero-order valence-corrected chi connectivity index (χ0v) is 16.5. The van der Waals surface area contributed by atoms with Gasteiger partial charge in [-0.1, -0.05) is 34.1 Å². The second-order valence-corrected chi connectivity index (χ2v) is 7.80. The molecule has 0 spiro atoms. The molecule has 4 rings (SSSR count). The first kappa shape index (κ1) is 18.9. The normalized spacial score (nSPS) is 18.2. The molecule has 138 valence electrons. The SMILES string of the molecule is C[C@@H](N)c1ccc(Br)cc1.O=C(O)C[C@H]1CCc2ccc3c(c21)CCO3. The van der Waals surface area contributed by atoms with E-state index in [1.54, 1.807) is 0 Å². The van der Waals surface area contributed by atoms with Gasteiger partial charge in [0.05, 0.1) is 13.0 Å². The summed E-state index contributed by atoms with van der Waals surface area (Å²) in [5.74, 6) is 0.467. The molecule has 1 aliphatic heterocycles. The maximum Gasteiger partial charge on any atom is 0.303 e. The average Bonchev–Trinajstić information content (AvgIpc) is 3.21. The molecule has 0 amide bonds. The van der Waals surface area contributed by atoms with E-state index >= 15 is 0 Å². The first-order chi connectivity index (χ1) is 12.5. The highest BCUT2D eigenvalue weighted by Gasteiger charge is 2.30. The Hall–Kier alpha value is -1.85. The Morgan fingerprint density at radius 2 is 2.00 bits per heavy atom. The van der Waals surface area contributed by atoms with Crippen LogP contribution in [0.5, 0.6) is 5.75 Å². The van der Waals surface area contributed by atoms with E-state index in [0.29, 0.717) is 0 Å². The molecule has 2 aromatic rings. The van der Waals surface area contributed by atoms with Gasteiger partial charge in [-0.05, 0) is 60.6 Å². The molecule has 3 N–H and O–H groups in total. The van der Waals surface area contributed by atoms with Crippen LogP contribution < -0.4 is 10.5 Å².